The number of nitrogens with one attached hydrogen (secondary N) is 2. The van der Waals surface area contributed by atoms with Crippen LogP contribution < -0.4 is 10.6 Å². The highest BCUT2D eigenvalue weighted by Gasteiger charge is 2.70. The molecule has 2 unspecified atom stereocenters. The number of aromatic nitrogens is 4. The lowest BCUT2D eigenvalue weighted by atomic mass is 10.0. The Labute approximate surface area is 268 Å². The van der Waals surface area contributed by atoms with Crippen molar-refractivity contribution in [1.82, 2.24) is 24.8 Å². The fraction of sp³-hybridized carbons (Fsp3) is 0.462. The Morgan fingerprint density at radius 3 is 2.53 bits per heavy atom. The number of carbonyl (C=O) groups excluding carboxylic acids is 1. The monoisotopic (exact) mass is 716 g/mol. The number of amides is 1. The van der Waals surface area contributed by atoms with E-state index >= 15 is 0 Å². The Hall–Kier alpha value is -3.30. The van der Waals surface area contributed by atoms with Gasteiger partial charge in [-0.05, 0) is 48.8 Å². The van der Waals surface area contributed by atoms with Crippen molar-refractivity contribution in [2.24, 2.45) is 11.3 Å². The second kappa shape index (κ2) is 13.3. The number of nitrogens with zero attached hydrogens (tertiary/aromatic N) is 4. The summed E-state index contributed by atoms with van der Waals surface area (Å²) in [6, 6.07) is 4.80. The Balaban J connectivity index is 1.24. The van der Waals surface area contributed by atoms with Crippen LogP contribution in [0.5, 0.6) is 0 Å². The van der Waals surface area contributed by atoms with Crippen molar-refractivity contribution in [3.63, 3.8) is 0 Å². The molecule has 0 spiro atoms. The molecule has 0 aliphatic heterocycles. The van der Waals surface area contributed by atoms with Gasteiger partial charge in [-0.2, -0.15) is 8.42 Å². The number of imidazole rings is 1. The average molecular weight is 717 g/mol. The van der Waals surface area contributed by atoms with E-state index in [4.69, 9.17) is 9.05 Å². The van der Waals surface area contributed by atoms with Crippen LogP contribution >= 0.6 is 15.6 Å². The lowest BCUT2D eigenvalue weighted by molar-refractivity contribution is -0.120. The Morgan fingerprint density at radius 2 is 1.89 bits per heavy atom. The van der Waals surface area contributed by atoms with Crippen molar-refractivity contribution in [1.29, 1.82) is 0 Å². The number of phosphoric ester groups is 2. The Kier molecular flexibility index (Phi) is 9.91. The van der Waals surface area contributed by atoms with Crippen molar-refractivity contribution in [2.75, 3.05) is 25.5 Å². The summed E-state index contributed by atoms with van der Waals surface area (Å²) >= 11 is 0. The van der Waals surface area contributed by atoms with E-state index in [1.807, 2.05) is 0 Å². The van der Waals surface area contributed by atoms with Gasteiger partial charge in [0.25, 0.3) is 0 Å². The van der Waals surface area contributed by atoms with Crippen LogP contribution in [0.3, 0.4) is 0 Å². The predicted molar refractivity (Wildman–Crippen MR) is 162 cm³/mol. The van der Waals surface area contributed by atoms with Crippen molar-refractivity contribution >= 4 is 48.8 Å². The van der Waals surface area contributed by atoms with Crippen molar-refractivity contribution in [2.45, 2.75) is 49.1 Å². The smallest absolute Gasteiger partial charge is 0.371 e. The molecule has 21 heteroatoms. The Morgan fingerprint density at radius 1 is 1.17 bits per heavy atom. The maximum absolute atomic E-state index is 13.0. The van der Waals surface area contributed by atoms with Crippen molar-refractivity contribution < 1.29 is 54.8 Å². The maximum atomic E-state index is 13.0. The lowest BCUT2D eigenvalue weighted by Crippen LogP contribution is -2.26. The molecule has 2 saturated carbocycles. The zero-order valence-corrected chi connectivity index (χ0v) is 27.3. The van der Waals surface area contributed by atoms with E-state index in [1.165, 1.54) is 18.5 Å². The zero-order chi connectivity index (χ0) is 34.2. The third-order valence-electron chi connectivity index (χ3n) is 8.14. The molecule has 2 aliphatic carbocycles. The Bertz CT molecular complexity index is 1940. The lowest BCUT2D eigenvalue weighted by Gasteiger charge is -2.24. The van der Waals surface area contributed by atoms with Gasteiger partial charge in [0.2, 0.25) is 11.7 Å². The molecule has 0 bridgehead atoms. The SMILES string of the molecule is CNc1nc(C#CCCC(=O)NCCc2ccc(S(=O)(=O)F)cc2)nc2c1ncn2C1CC(OP(=O)(O)O)[C@@]2(COP(=O)(O)O)C[C@@H]12. The van der Waals surface area contributed by atoms with E-state index in [0.717, 1.165) is 12.1 Å². The molecule has 5 rings (SSSR count). The van der Waals surface area contributed by atoms with E-state index in [2.05, 4.69) is 37.4 Å². The number of benzene rings is 1. The molecule has 2 heterocycles. The molecule has 1 amide bonds. The first-order valence-corrected chi connectivity index (χ1v) is 18.6. The van der Waals surface area contributed by atoms with E-state index in [1.54, 1.807) is 11.6 Å². The predicted octanol–water partition coefficient (Wildman–Crippen LogP) is 1.56. The summed E-state index contributed by atoms with van der Waals surface area (Å²) < 4.78 is 69.5. The van der Waals surface area contributed by atoms with Gasteiger partial charge in [-0.15, -0.1) is 3.89 Å². The van der Waals surface area contributed by atoms with Gasteiger partial charge in [0, 0.05) is 37.9 Å². The number of hydrogen-bond acceptors (Lipinski definition) is 11. The summed E-state index contributed by atoms with van der Waals surface area (Å²) in [6.45, 7) is -0.186. The van der Waals surface area contributed by atoms with Gasteiger partial charge in [0.05, 0.1) is 23.9 Å². The molecule has 6 N–H and O–H groups in total. The highest BCUT2D eigenvalue weighted by Crippen LogP contribution is 2.71. The largest absolute Gasteiger partial charge is 0.469 e. The molecule has 17 nitrogen and oxygen atoms in total. The third kappa shape index (κ3) is 8.41. The number of rotatable bonds is 13. The molecule has 3 aromatic rings. The van der Waals surface area contributed by atoms with Crippen LogP contribution in [0.1, 0.15) is 43.1 Å². The van der Waals surface area contributed by atoms with Gasteiger partial charge in [0.1, 0.15) is 0 Å². The highest BCUT2D eigenvalue weighted by atomic mass is 32.3. The van der Waals surface area contributed by atoms with E-state index in [0.29, 0.717) is 35.4 Å². The van der Waals surface area contributed by atoms with E-state index in [9.17, 15) is 45.8 Å². The third-order valence-corrected chi connectivity index (χ3v) is 9.97. The highest BCUT2D eigenvalue weighted by molar-refractivity contribution is 7.86. The molecule has 0 saturated heterocycles. The molecule has 0 radical (unpaired) electrons. The molecule has 1 aromatic carbocycles. The summed E-state index contributed by atoms with van der Waals surface area (Å²) in [4.78, 5) is 62.6. The number of fused-ring (bicyclic) bond motifs is 2. The van der Waals surface area contributed by atoms with Crippen LogP contribution in [0.25, 0.3) is 11.2 Å². The minimum Gasteiger partial charge on any atom is -0.371 e. The van der Waals surface area contributed by atoms with E-state index in [-0.39, 0.29) is 43.5 Å². The second-order valence-electron chi connectivity index (χ2n) is 11.1. The van der Waals surface area contributed by atoms with Crippen molar-refractivity contribution in [3.8, 4) is 11.8 Å². The van der Waals surface area contributed by atoms with Gasteiger partial charge in [-0.3, -0.25) is 13.8 Å². The zero-order valence-electron chi connectivity index (χ0n) is 24.7. The molecule has 2 aromatic heterocycles. The van der Waals surface area contributed by atoms with Gasteiger partial charge in [0.15, 0.2) is 17.0 Å². The number of anilines is 1. The number of phosphoric acid groups is 2. The topological polar surface area (TPSA) is 252 Å². The molecule has 254 valence electrons. The number of hydrogen-bond donors (Lipinski definition) is 6. The van der Waals surface area contributed by atoms with Gasteiger partial charge in [-0.25, -0.2) is 24.1 Å². The van der Waals surface area contributed by atoms with Gasteiger partial charge < -0.3 is 34.8 Å². The molecular weight excluding hydrogens is 685 g/mol. The van der Waals surface area contributed by atoms with Gasteiger partial charge >= 0.3 is 25.9 Å². The standard InChI is InChI=1S/C26H31FN6O11P2S/c1-28-24-23-25(33(15-30-23)19-12-20(44-46(38,39)40)26(13-18(19)26)14-43-45(35,36)37)32-21(31-24)4-2-3-5-22(34)29-11-10-16-6-8-17(9-7-16)47(27,41)42/h6-9,15,18-20H,3,5,10-14H2,1H3,(H,29,34)(H,28,31,32)(H2,35,36,37)(H2,38,39,40)/t18-,19?,20?,26+/m0/s1. The fourth-order valence-corrected chi connectivity index (χ4v) is 7.40. The van der Waals surface area contributed by atoms with Crippen LogP contribution in [0.4, 0.5) is 9.70 Å². The summed E-state index contributed by atoms with van der Waals surface area (Å²) in [5.41, 5.74) is 0.445. The average Bonchev–Trinajstić information content (AvgIpc) is 3.45. The fourth-order valence-electron chi connectivity index (χ4n) is 5.90. The van der Waals surface area contributed by atoms with Gasteiger partial charge in [-0.1, -0.05) is 18.1 Å². The quantitative estimate of drug-likeness (QED) is 0.0834. The maximum Gasteiger partial charge on any atom is 0.469 e. The molecular formula is C26H31FN6O11P2S. The minimum atomic E-state index is -4.94. The van der Waals surface area contributed by atoms with Crippen LogP contribution in [0.15, 0.2) is 35.5 Å². The normalized spacial score (nSPS) is 22.4. The summed E-state index contributed by atoms with van der Waals surface area (Å²) in [6.07, 6.45) is 1.52. The summed E-state index contributed by atoms with van der Waals surface area (Å²) in [5.74, 6) is 5.60. The molecule has 2 aliphatic rings. The van der Waals surface area contributed by atoms with Crippen molar-refractivity contribution in [3.05, 3.63) is 42.0 Å². The van der Waals surface area contributed by atoms with Crippen LogP contribution in [-0.2, 0) is 39.6 Å². The number of halogens is 1. The number of carbonyl (C=O) groups is 1. The minimum absolute atomic E-state index is 0.0779. The summed E-state index contributed by atoms with van der Waals surface area (Å²) in [7, 11) is -12.9. The van der Waals surface area contributed by atoms with E-state index < -0.39 is 54.9 Å². The molecule has 47 heavy (non-hydrogen) atoms. The van der Waals surface area contributed by atoms with Crippen LogP contribution in [-0.4, -0.2) is 79.7 Å². The molecule has 4 atom stereocenters. The first-order valence-electron chi connectivity index (χ1n) is 14.1. The first kappa shape index (κ1) is 35.0. The summed E-state index contributed by atoms with van der Waals surface area (Å²) in [5, 5.41) is 5.67. The van der Waals surface area contributed by atoms with Crippen LogP contribution in [0, 0.1) is 23.2 Å². The van der Waals surface area contributed by atoms with Crippen LogP contribution in [0.2, 0.25) is 0 Å². The first-order chi connectivity index (χ1) is 22.0. The molecule has 2 fully saturated rings. The second-order valence-corrected chi connectivity index (χ2v) is 14.9.